The number of hydrogen-bond donors (Lipinski definition) is 3. The summed E-state index contributed by atoms with van der Waals surface area (Å²) in [5.74, 6) is 0.662. The Bertz CT molecular complexity index is 848. The van der Waals surface area contributed by atoms with Crippen LogP contribution < -0.4 is 5.32 Å². The van der Waals surface area contributed by atoms with Crippen molar-refractivity contribution in [3.8, 4) is 17.0 Å². The summed E-state index contributed by atoms with van der Waals surface area (Å²) in [4.78, 5) is 34.3. The molecule has 8 nitrogen and oxygen atoms in total. The van der Waals surface area contributed by atoms with Gasteiger partial charge in [-0.25, -0.2) is 9.78 Å². The first kappa shape index (κ1) is 19.7. The Hall–Kier alpha value is -3.03. The molecule has 28 heavy (non-hydrogen) atoms. The molecule has 1 aliphatic heterocycles. The normalized spacial score (nSPS) is 17.6. The van der Waals surface area contributed by atoms with E-state index in [1.54, 1.807) is 29.3 Å². The van der Waals surface area contributed by atoms with Gasteiger partial charge in [0.15, 0.2) is 0 Å². The second-order valence-corrected chi connectivity index (χ2v) is 7.28. The van der Waals surface area contributed by atoms with E-state index in [1.165, 1.54) is 7.11 Å². The predicted molar refractivity (Wildman–Crippen MR) is 104 cm³/mol. The number of likely N-dealkylation sites (tertiary alicyclic amines) is 1. The van der Waals surface area contributed by atoms with Crippen LogP contribution in [0.15, 0.2) is 30.5 Å². The van der Waals surface area contributed by atoms with Crippen molar-refractivity contribution in [1.82, 2.24) is 20.2 Å². The van der Waals surface area contributed by atoms with Gasteiger partial charge in [-0.05, 0) is 30.9 Å². The van der Waals surface area contributed by atoms with Crippen molar-refractivity contribution in [3.63, 3.8) is 0 Å². The summed E-state index contributed by atoms with van der Waals surface area (Å²) in [5.41, 5.74) is 1.60. The first-order valence-corrected chi connectivity index (χ1v) is 9.40. The number of carbonyl (C=O) groups is 2. The molecule has 2 heterocycles. The van der Waals surface area contributed by atoms with Crippen LogP contribution in [0.3, 0.4) is 0 Å². The second kappa shape index (κ2) is 8.33. The van der Waals surface area contributed by atoms with Gasteiger partial charge in [0.05, 0.1) is 25.0 Å². The Balaban J connectivity index is 1.81. The fourth-order valence-corrected chi connectivity index (χ4v) is 3.52. The minimum absolute atomic E-state index is 0.0766. The van der Waals surface area contributed by atoms with E-state index in [0.717, 1.165) is 24.1 Å². The van der Waals surface area contributed by atoms with Crippen LogP contribution in [0.1, 0.15) is 38.6 Å². The van der Waals surface area contributed by atoms with Gasteiger partial charge in [-0.2, -0.15) is 0 Å². The first-order chi connectivity index (χ1) is 13.4. The van der Waals surface area contributed by atoms with Crippen molar-refractivity contribution in [2.45, 2.75) is 38.8 Å². The zero-order valence-corrected chi connectivity index (χ0v) is 16.3. The van der Waals surface area contributed by atoms with Crippen molar-refractivity contribution in [2.75, 3.05) is 13.7 Å². The van der Waals surface area contributed by atoms with Crippen LogP contribution in [0.5, 0.6) is 5.75 Å². The summed E-state index contributed by atoms with van der Waals surface area (Å²) in [6, 6.07) is 6.07. The van der Waals surface area contributed by atoms with Crippen molar-refractivity contribution in [2.24, 2.45) is 5.92 Å². The molecular formula is C20H26N4O4. The molecule has 1 aromatic heterocycles. The third kappa shape index (κ3) is 4.11. The molecule has 0 radical (unpaired) electrons. The van der Waals surface area contributed by atoms with Crippen molar-refractivity contribution in [1.29, 1.82) is 0 Å². The zero-order valence-electron chi connectivity index (χ0n) is 16.3. The molecule has 1 aliphatic rings. The van der Waals surface area contributed by atoms with Gasteiger partial charge in [0.2, 0.25) is 5.91 Å². The number of aromatic amines is 1. The average molecular weight is 386 g/mol. The summed E-state index contributed by atoms with van der Waals surface area (Å²) < 4.78 is 4.66. The number of phenols is 1. The number of aromatic hydroxyl groups is 1. The standard InChI is InChI=1S/C20H26N4O4/c1-12(2)17(23-20(27)28-3)19(26)24-9-5-8-16(24)18-21-11-15(22-18)13-6-4-7-14(25)10-13/h4,6-7,10-12,16-17,25H,5,8-9H2,1-3H3,(H,21,22)(H,23,27). The van der Waals surface area contributed by atoms with Gasteiger partial charge in [0, 0.05) is 12.1 Å². The van der Waals surface area contributed by atoms with Gasteiger partial charge in [0.25, 0.3) is 0 Å². The number of amides is 2. The van der Waals surface area contributed by atoms with Crippen molar-refractivity contribution < 1.29 is 19.4 Å². The Morgan fingerprint density at radius 1 is 1.39 bits per heavy atom. The smallest absolute Gasteiger partial charge is 0.407 e. The number of nitrogens with one attached hydrogen (secondary N) is 2. The van der Waals surface area contributed by atoms with Crippen LogP contribution in [0.25, 0.3) is 11.3 Å². The number of methoxy groups -OCH3 is 1. The highest BCUT2D eigenvalue weighted by Crippen LogP contribution is 2.33. The minimum atomic E-state index is -0.659. The van der Waals surface area contributed by atoms with Gasteiger partial charge < -0.3 is 25.0 Å². The fraction of sp³-hybridized carbons (Fsp3) is 0.450. The lowest BCUT2D eigenvalue weighted by Gasteiger charge is -2.30. The van der Waals surface area contributed by atoms with E-state index in [1.807, 2.05) is 19.9 Å². The van der Waals surface area contributed by atoms with E-state index < -0.39 is 12.1 Å². The molecule has 2 aromatic rings. The maximum absolute atomic E-state index is 13.1. The second-order valence-electron chi connectivity index (χ2n) is 7.28. The van der Waals surface area contributed by atoms with Gasteiger partial charge in [-0.1, -0.05) is 26.0 Å². The maximum Gasteiger partial charge on any atom is 0.407 e. The monoisotopic (exact) mass is 386 g/mol. The van der Waals surface area contributed by atoms with Crippen LogP contribution in [0.4, 0.5) is 4.79 Å². The highest BCUT2D eigenvalue weighted by Gasteiger charge is 2.37. The molecule has 0 spiro atoms. The largest absolute Gasteiger partial charge is 0.508 e. The van der Waals surface area contributed by atoms with E-state index in [-0.39, 0.29) is 23.6 Å². The predicted octanol–water partition coefficient (Wildman–Crippen LogP) is 2.83. The van der Waals surface area contributed by atoms with E-state index in [4.69, 9.17) is 0 Å². The molecule has 8 heteroatoms. The lowest BCUT2D eigenvalue weighted by Crippen LogP contribution is -2.51. The summed E-state index contributed by atoms with van der Waals surface area (Å²) in [6.07, 6.45) is 2.74. The van der Waals surface area contributed by atoms with Crippen LogP contribution in [0, 0.1) is 5.92 Å². The van der Waals surface area contributed by atoms with Gasteiger partial charge in [0.1, 0.15) is 17.6 Å². The number of carbonyl (C=O) groups excluding carboxylic acids is 2. The number of phenolic OH excluding ortho intramolecular Hbond substituents is 1. The fourth-order valence-electron chi connectivity index (χ4n) is 3.52. The van der Waals surface area contributed by atoms with E-state index in [2.05, 4.69) is 20.0 Å². The number of ether oxygens (including phenoxy) is 1. The molecule has 3 N–H and O–H groups in total. The Morgan fingerprint density at radius 3 is 2.86 bits per heavy atom. The molecule has 0 saturated carbocycles. The zero-order chi connectivity index (χ0) is 20.3. The Labute approximate surface area is 163 Å². The van der Waals surface area contributed by atoms with Gasteiger partial charge >= 0.3 is 6.09 Å². The van der Waals surface area contributed by atoms with Crippen molar-refractivity contribution >= 4 is 12.0 Å². The quantitative estimate of drug-likeness (QED) is 0.732. The third-order valence-electron chi connectivity index (χ3n) is 5.00. The lowest BCUT2D eigenvalue weighted by atomic mass is 10.0. The molecular weight excluding hydrogens is 360 g/mol. The number of H-pyrrole nitrogens is 1. The highest BCUT2D eigenvalue weighted by atomic mass is 16.5. The molecule has 1 saturated heterocycles. The summed E-state index contributed by atoms with van der Waals surface area (Å²) >= 11 is 0. The first-order valence-electron chi connectivity index (χ1n) is 9.40. The average Bonchev–Trinajstić information content (AvgIpc) is 3.34. The Morgan fingerprint density at radius 2 is 2.18 bits per heavy atom. The number of benzene rings is 1. The maximum atomic E-state index is 13.1. The molecule has 0 bridgehead atoms. The molecule has 1 aromatic carbocycles. The number of imidazole rings is 1. The van der Waals surface area contributed by atoms with E-state index in [0.29, 0.717) is 12.4 Å². The van der Waals surface area contributed by atoms with Crippen LogP contribution in [-0.4, -0.2) is 51.7 Å². The molecule has 2 amide bonds. The van der Waals surface area contributed by atoms with E-state index in [9.17, 15) is 14.7 Å². The third-order valence-corrected chi connectivity index (χ3v) is 5.00. The Kier molecular flexibility index (Phi) is 5.87. The summed E-state index contributed by atoms with van der Waals surface area (Å²) in [6.45, 7) is 4.38. The minimum Gasteiger partial charge on any atom is -0.508 e. The van der Waals surface area contributed by atoms with Crippen LogP contribution in [0.2, 0.25) is 0 Å². The molecule has 1 fully saturated rings. The SMILES string of the molecule is COC(=O)NC(C(=O)N1CCCC1c1ncc(-c2cccc(O)c2)[nH]1)C(C)C. The summed E-state index contributed by atoms with van der Waals surface area (Å²) in [5, 5.41) is 12.3. The topological polar surface area (TPSA) is 108 Å². The molecule has 150 valence electrons. The van der Waals surface area contributed by atoms with Crippen molar-refractivity contribution in [3.05, 3.63) is 36.3 Å². The summed E-state index contributed by atoms with van der Waals surface area (Å²) in [7, 11) is 1.28. The van der Waals surface area contributed by atoms with Crippen LogP contribution in [-0.2, 0) is 9.53 Å². The van der Waals surface area contributed by atoms with E-state index >= 15 is 0 Å². The lowest BCUT2D eigenvalue weighted by molar-refractivity contribution is -0.135. The van der Waals surface area contributed by atoms with Crippen LogP contribution >= 0.6 is 0 Å². The molecule has 2 atom stereocenters. The number of aromatic nitrogens is 2. The van der Waals surface area contributed by atoms with Gasteiger partial charge in [-0.3, -0.25) is 4.79 Å². The molecule has 2 unspecified atom stereocenters. The number of rotatable bonds is 5. The number of nitrogens with zero attached hydrogens (tertiary/aromatic N) is 2. The molecule has 3 rings (SSSR count). The number of alkyl carbamates (subject to hydrolysis) is 1. The number of hydrogen-bond acceptors (Lipinski definition) is 5. The molecule has 0 aliphatic carbocycles. The highest BCUT2D eigenvalue weighted by molar-refractivity contribution is 5.86. The van der Waals surface area contributed by atoms with Gasteiger partial charge in [-0.15, -0.1) is 0 Å².